The van der Waals surface area contributed by atoms with Gasteiger partial charge in [0.25, 0.3) is 5.91 Å². The maximum absolute atomic E-state index is 12.1. The summed E-state index contributed by atoms with van der Waals surface area (Å²) in [5.41, 5.74) is 2.93. The molecule has 2 amide bonds. The molecule has 1 N–H and O–H groups in total. The third-order valence-electron chi connectivity index (χ3n) is 2.42. The third kappa shape index (κ3) is 3.68. The average molecular weight is 363 g/mol. The lowest BCUT2D eigenvalue weighted by molar-refractivity contribution is -0.123. The largest absolute Gasteiger partial charge is 0.452 e. The van der Waals surface area contributed by atoms with Crippen molar-refractivity contribution in [2.45, 2.75) is 0 Å². The normalized spacial score (nSPS) is 16.5. The second kappa shape index (κ2) is 6.65. The van der Waals surface area contributed by atoms with Crippen LogP contribution >= 0.6 is 47.2 Å². The molecule has 21 heavy (non-hydrogen) atoms. The van der Waals surface area contributed by atoms with Crippen LogP contribution in [0.25, 0.3) is 6.08 Å². The summed E-state index contributed by atoms with van der Waals surface area (Å²) in [6.07, 6.45) is 0.836. The van der Waals surface area contributed by atoms with Crippen LogP contribution in [0.3, 0.4) is 0 Å². The zero-order chi connectivity index (χ0) is 15.6. The minimum Gasteiger partial charge on any atom is -0.452 e. The van der Waals surface area contributed by atoms with Crippen molar-refractivity contribution < 1.29 is 14.3 Å². The number of methoxy groups -OCH3 is 1. The molecule has 9 heteroatoms. The first kappa shape index (κ1) is 16.1. The average Bonchev–Trinajstić information content (AvgIpc) is 2.70. The number of nitrogens with zero attached hydrogens (tertiary/aromatic N) is 1. The maximum atomic E-state index is 12.1. The number of hydrogen-bond acceptors (Lipinski definition) is 5. The summed E-state index contributed by atoms with van der Waals surface area (Å²) in [6, 6.07) is 4.97. The molecule has 1 aromatic rings. The molecule has 0 atom stereocenters. The van der Waals surface area contributed by atoms with Gasteiger partial charge in [-0.3, -0.25) is 4.79 Å². The van der Waals surface area contributed by atoms with Gasteiger partial charge in [-0.15, -0.1) is 0 Å². The van der Waals surface area contributed by atoms with E-state index in [1.807, 2.05) is 0 Å². The fourth-order valence-corrected chi connectivity index (χ4v) is 2.94. The number of hydrazine groups is 1. The number of amides is 2. The molecule has 0 saturated carbocycles. The highest BCUT2D eigenvalue weighted by Gasteiger charge is 2.33. The lowest BCUT2D eigenvalue weighted by atomic mass is 10.2. The Morgan fingerprint density at radius 2 is 2.14 bits per heavy atom. The Kier molecular flexibility index (Phi) is 5.10. The molecule has 0 radical (unpaired) electrons. The Hall–Kier alpha value is -1.28. The Balaban J connectivity index is 2.23. The van der Waals surface area contributed by atoms with Crippen LogP contribution in [-0.2, 0) is 9.53 Å². The Labute approximate surface area is 140 Å². The molecular formula is C12H8Cl2N2O3S2. The number of carbonyl (C=O) groups excluding carboxylic acids is 2. The van der Waals surface area contributed by atoms with Crippen molar-refractivity contribution in [2.75, 3.05) is 7.11 Å². The molecule has 2 rings (SSSR count). The molecule has 1 saturated heterocycles. The molecule has 1 heterocycles. The highest BCUT2D eigenvalue weighted by molar-refractivity contribution is 8.26. The van der Waals surface area contributed by atoms with Crippen LogP contribution in [0.15, 0.2) is 23.1 Å². The first-order valence-corrected chi connectivity index (χ1v) is 7.48. The third-order valence-corrected chi connectivity index (χ3v) is 4.46. The minimum absolute atomic E-state index is 0.205. The highest BCUT2D eigenvalue weighted by Crippen LogP contribution is 2.32. The van der Waals surface area contributed by atoms with Gasteiger partial charge in [0.2, 0.25) is 0 Å². The van der Waals surface area contributed by atoms with Crippen molar-refractivity contribution in [3.05, 3.63) is 38.7 Å². The van der Waals surface area contributed by atoms with Crippen LogP contribution in [-0.4, -0.2) is 28.4 Å². The summed E-state index contributed by atoms with van der Waals surface area (Å²) < 4.78 is 4.63. The lowest BCUT2D eigenvalue weighted by Gasteiger charge is -2.13. The SMILES string of the molecule is COC(=O)NN1C(=O)/C(=C\c2ccc(Cl)c(Cl)c2)SC1=S. The van der Waals surface area contributed by atoms with E-state index >= 15 is 0 Å². The van der Waals surface area contributed by atoms with E-state index in [4.69, 9.17) is 35.4 Å². The van der Waals surface area contributed by atoms with E-state index in [1.54, 1.807) is 24.3 Å². The summed E-state index contributed by atoms with van der Waals surface area (Å²) in [6.45, 7) is 0. The van der Waals surface area contributed by atoms with Crippen LogP contribution in [0.2, 0.25) is 10.0 Å². The van der Waals surface area contributed by atoms with E-state index in [-0.39, 0.29) is 4.32 Å². The van der Waals surface area contributed by atoms with Gasteiger partial charge in [0.05, 0.1) is 22.1 Å². The molecule has 0 spiro atoms. The summed E-state index contributed by atoms with van der Waals surface area (Å²) in [4.78, 5) is 23.7. The summed E-state index contributed by atoms with van der Waals surface area (Å²) in [5.74, 6) is -0.443. The molecule has 5 nitrogen and oxygen atoms in total. The van der Waals surface area contributed by atoms with Crippen molar-refractivity contribution in [1.82, 2.24) is 10.4 Å². The Bertz CT molecular complexity index is 664. The van der Waals surface area contributed by atoms with Crippen molar-refractivity contribution >= 4 is 69.6 Å². The van der Waals surface area contributed by atoms with Gasteiger partial charge in [-0.05, 0) is 36.0 Å². The number of carbonyl (C=O) groups is 2. The first-order valence-electron chi connectivity index (χ1n) is 5.50. The van der Waals surface area contributed by atoms with Gasteiger partial charge in [-0.2, -0.15) is 5.01 Å². The molecule has 1 fully saturated rings. The molecule has 0 aromatic heterocycles. The molecule has 0 bridgehead atoms. The van der Waals surface area contributed by atoms with Crippen LogP contribution in [0.4, 0.5) is 4.79 Å². The topological polar surface area (TPSA) is 58.6 Å². The fraction of sp³-hybridized carbons (Fsp3) is 0.0833. The smallest absolute Gasteiger partial charge is 0.426 e. The predicted octanol–water partition coefficient (Wildman–Crippen LogP) is 3.47. The van der Waals surface area contributed by atoms with Gasteiger partial charge in [0, 0.05) is 0 Å². The monoisotopic (exact) mass is 362 g/mol. The number of benzene rings is 1. The van der Waals surface area contributed by atoms with E-state index < -0.39 is 12.0 Å². The molecule has 0 aliphatic carbocycles. The summed E-state index contributed by atoms with van der Waals surface area (Å²) in [5, 5.41) is 1.76. The van der Waals surface area contributed by atoms with Crippen molar-refractivity contribution in [1.29, 1.82) is 0 Å². The zero-order valence-electron chi connectivity index (χ0n) is 10.6. The van der Waals surface area contributed by atoms with E-state index in [9.17, 15) is 9.59 Å². The number of ether oxygens (including phenoxy) is 1. The minimum atomic E-state index is -0.776. The van der Waals surface area contributed by atoms with Crippen molar-refractivity contribution in [2.24, 2.45) is 0 Å². The van der Waals surface area contributed by atoms with E-state index in [1.165, 1.54) is 7.11 Å². The maximum Gasteiger partial charge on any atom is 0.426 e. The fourth-order valence-electron chi connectivity index (χ4n) is 1.45. The number of nitrogens with one attached hydrogen (secondary N) is 1. The van der Waals surface area contributed by atoms with Crippen LogP contribution in [0, 0.1) is 0 Å². The molecule has 1 aliphatic rings. The van der Waals surface area contributed by atoms with Gasteiger partial charge in [0.1, 0.15) is 0 Å². The lowest BCUT2D eigenvalue weighted by Crippen LogP contribution is -2.44. The quantitative estimate of drug-likeness (QED) is 0.644. The summed E-state index contributed by atoms with van der Waals surface area (Å²) >= 11 is 17.8. The Morgan fingerprint density at radius 1 is 1.43 bits per heavy atom. The number of halogens is 2. The molecule has 1 aliphatic heterocycles. The van der Waals surface area contributed by atoms with Gasteiger partial charge in [-0.25, -0.2) is 10.2 Å². The zero-order valence-corrected chi connectivity index (χ0v) is 13.7. The van der Waals surface area contributed by atoms with Crippen LogP contribution in [0.5, 0.6) is 0 Å². The number of rotatable bonds is 2. The molecule has 0 unspecified atom stereocenters. The van der Waals surface area contributed by atoms with Crippen molar-refractivity contribution in [3.63, 3.8) is 0 Å². The van der Waals surface area contributed by atoms with Crippen molar-refractivity contribution in [3.8, 4) is 0 Å². The van der Waals surface area contributed by atoms with E-state index in [0.717, 1.165) is 16.8 Å². The molecule has 110 valence electrons. The van der Waals surface area contributed by atoms with Gasteiger partial charge < -0.3 is 4.74 Å². The number of hydrogen-bond donors (Lipinski definition) is 1. The van der Waals surface area contributed by atoms with Crippen LogP contribution < -0.4 is 5.43 Å². The second-order valence-corrected chi connectivity index (χ2v) is 6.28. The standard InChI is InChI=1S/C12H8Cl2N2O3S2/c1-19-11(18)15-16-10(17)9(21-12(16)20)5-6-2-3-7(13)8(14)4-6/h2-5H,1H3,(H,15,18)/b9-5+. The first-order chi connectivity index (χ1) is 9.92. The highest BCUT2D eigenvalue weighted by atomic mass is 35.5. The Morgan fingerprint density at radius 3 is 2.76 bits per heavy atom. The molecular weight excluding hydrogens is 355 g/mol. The van der Waals surface area contributed by atoms with Gasteiger partial charge in [-0.1, -0.05) is 41.0 Å². The number of thioether (sulfide) groups is 1. The van der Waals surface area contributed by atoms with Crippen LogP contribution in [0.1, 0.15) is 5.56 Å². The molecule has 1 aromatic carbocycles. The van der Waals surface area contributed by atoms with E-state index in [0.29, 0.717) is 20.5 Å². The second-order valence-electron chi connectivity index (χ2n) is 3.79. The van der Waals surface area contributed by atoms with E-state index in [2.05, 4.69) is 10.2 Å². The number of thiocarbonyl (C=S) groups is 1. The van der Waals surface area contributed by atoms with Gasteiger partial charge in [0.15, 0.2) is 4.32 Å². The van der Waals surface area contributed by atoms with Gasteiger partial charge >= 0.3 is 6.09 Å². The summed E-state index contributed by atoms with van der Waals surface area (Å²) in [7, 11) is 1.19. The predicted molar refractivity (Wildman–Crippen MR) is 87.0 cm³/mol.